The van der Waals surface area contributed by atoms with E-state index >= 15 is 0 Å². The van der Waals surface area contributed by atoms with Crippen LogP contribution in [0.25, 0.3) is 122 Å². The van der Waals surface area contributed by atoms with Crippen molar-refractivity contribution in [2.24, 2.45) is 0 Å². The standard InChI is InChI=1S/C53H31N3O2/c1-2-12-32(13-3-1)35-28-26-33-24-25-34-27-29-36(31-44(34)43(33)30-35)37-14-4-5-15-38(37)51-54-52(41-18-10-22-47-49(41)39-16-6-8-20-45(39)57-47)56-53(55-51)42-19-11-23-48-50(42)40-17-7-9-21-46(40)58-48/h1-31H. The lowest BCUT2D eigenvalue weighted by atomic mass is 9.93. The normalized spacial score (nSPS) is 11.8. The molecule has 0 aliphatic carbocycles. The van der Waals surface area contributed by atoms with Gasteiger partial charge in [-0.25, -0.2) is 15.0 Å². The molecule has 0 amide bonds. The number of benzene rings is 9. The first kappa shape index (κ1) is 32.4. The van der Waals surface area contributed by atoms with Gasteiger partial charge in [0.1, 0.15) is 22.3 Å². The highest BCUT2D eigenvalue weighted by molar-refractivity contribution is 6.14. The fourth-order valence-corrected chi connectivity index (χ4v) is 8.62. The second-order valence-electron chi connectivity index (χ2n) is 14.7. The van der Waals surface area contributed by atoms with Crippen molar-refractivity contribution in [3.63, 3.8) is 0 Å². The van der Waals surface area contributed by atoms with Crippen LogP contribution >= 0.6 is 0 Å². The van der Waals surface area contributed by atoms with Crippen LogP contribution in [0.2, 0.25) is 0 Å². The van der Waals surface area contributed by atoms with Crippen LogP contribution in [0.3, 0.4) is 0 Å². The molecule has 9 aromatic carbocycles. The zero-order valence-electron chi connectivity index (χ0n) is 31.1. The summed E-state index contributed by atoms with van der Waals surface area (Å²) in [6, 6.07) is 65.3. The van der Waals surface area contributed by atoms with E-state index in [0.717, 1.165) is 71.7 Å². The molecule has 0 aliphatic heterocycles. The van der Waals surface area contributed by atoms with Crippen molar-refractivity contribution in [3.05, 3.63) is 188 Å². The van der Waals surface area contributed by atoms with Crippen LogP contribution in [-0.2, 0) is 0 Å². The Hall–Kier alpha value is -7.89. The van der Waals surface area contributed by atoms with E-state index in [1.807, 2.05) is 60.7 Å². The van der Waals surface area contributed by atoms with Gasteiger partial charge in [0.25, 0.3) is 0 Å². The van der Waals surface area contributed by atoms with Gasteiger partial charge in [-0.3, -0.25) is 0 Å². The summed E-state index contributed by atoms with van der Waals surface area (Å²) in [6.45, 7) is 0. The average Bonchev–Trinajstić information content (AvgIpc) is 3.88. The molecule has 270 valence electrons. The topological polar surface area (TPSA) is 65.0 Å². The predicted octanol–water partition coefficient (Wildman–Crippen LogP) is 14.3. The molecule has 12 rings (SSSR count). The van der Waals surface area contributed by atoms with Gasteiger partial charge in [-0.2, -0.15) is 0 Å². The second-order valence-corrected chi connectivity index (χ2v) is 14.7. The van der Waals surface area contributed by atoms with Crippen molar-refractivity contribution in [1.82, 2.24) is 15.0 Å². The monoisotopic (exact) mass is 741 g/mol. The van der Waals surface area contributed by atoms with Crippen molar-refractivity contribution < 1.29 is 8.83 Å². The number of hydrogen-bond acceptors (Lipinski definition) is 5. The molecule has 0 radical (unpaired) electrons. The number of hydrogen-bond donors (Lipinski definition) is 0. The Morgan fingerprint density at radius 2 is 0.707 bits per heavy atom. The van der Waals surface area contributed by atoms with Gasteiger partial charge >= 0.3 is 0 Å². The minimum absolute atomic E-state index is 0.565. The van der Waals surface area contributed by atoms with Crippen LogP contribution in [0.15, 0.2) is 197 Å². The maximum absolute atomic E-state index is 6.33. The Bertz CT molecular complexity index is 3450. The number of fused-ring (bicyclic) bond motifs is 9. The lowest BCUT2D eigenvalue weighted by Crippen LogP contribution is -2.01. The zero-order chi connectivity index (χ0) is 38.2. The van der Waals surface area contributed by atoms with Crippen molar-refractivity contribution in [2.75, 3.05) is 0 Å². The van der Waals surface area contributed by atoms with Crippen molar-refractivity contribution in [1.29, 1.82) is 0 Å². The molecule has 3 heterocycles. The molecule has 0 N–H and O–H groups in total. The third-order valence-electron chi connectivity index (χ3n) is 11.3. The van der Waals surface area contributed by atoms with E-state index in [2.05, 4.69) is 127 Å². The van der Waals surface area contributed by atoms with Crippen LogP contribution in [0.4, 0.5) is 0 Å². The van der Waals surface area contributed by atoms with Crippen LogP contribution in [0, 0.1) is 0 Å². The summed E-state index contributed by atoms with van der Waals surface area (Å²) in [5.74, 6) is 1.71. The van der Waals surface area contributed by atoms with E-state index < -0.39 is 0 Å². The predicted molar refractivity (Wildman–Crippen MR) is 237 cm³/mol. The van der Waals surface area contributed by atoms with Crippen LogP contribution in [0.1, 0.15) is 0 Å². The van der Waals surface area contributed by atoms with E-state index in [1.54, 1.807) is 0 Å². The largest absolute Gasteiger partial charge is 0.456 e. The van der Waals surface area contributed by atoms with E-state index in [-0.39, 0.29) is 0 Å². The first-order chi connectivity index (χ1) is 28.7. The third kappa shape index (κ3) is 5.14. The SMILES string of the molecule is c1ccc(-c2ccc3ccc4ccc(-c5ccccc5-c5nc(-c6cccc7oc8ccccc8c67)nc(-c6cccc7oc8ccccc8c67)n5)cc4c3c2)cc1. The van der Waals surface area contributed by atoms with Gasteiger partial charge in [-0.1, -0.05) is 152 Å². The number of para-hydroxylation sites is 2. The Balaban J connectivity index is 1.10. The molecular formula is C53H31N3O2. The molecule has 12 aromatic rings. The quantitative estimate of drug-likeness (QED) is 0.164. The highest BCUT2D eigenvalue weighted by Gasteiger charge is 2.21. The van der Waals surface area contributed by atoms with Gasteiger partial charge in [-0.15, -0.1) is 0 Å². The third-order valence-corrected chi connectivity index (χ3v) is 11.3. The Kier molecular flexibility index (Phi) is 7.16. The minimum Gasteiger partial charge on any atom is -0.456 e. The molecule has 0 aliphatic rings. The highest BCUT2D eigenvalue weighted by Crippen LogP contribution is 2.41. The molecule has 0 fully saturated rings. The summed E-state index contributed by atoms with van der Waals surface area (Å²) >= 11 is 0. The fourth-order valence-electron chi connectivity index (χ4n) is 8.62. The van der Waals surface area contributed by atoms with Gasteiger partial charge in [0.05, 0.1) is 0 Å². The average molecular weight is 742 g/mol. The summed E-state index contributed by atoms with van der Waals surface area (Å²) < 4.78 is 12.7. The fraction of sp³-hybridized carbons (Fsp3) is 0. The van der Waals surface area contributed by atoms with E-state index in [4.69, 9.17) is 23.8 Å². The molecular weight excluding hydrogens is 711 g/mol. The van der Waals surface area contributed by atoms with Crippen molar-refractivity contribution >= 4 is 65.4 Å². The summed E-state index contributed by atoms with van der Waals surface area (Å²) in [5, 5.41) is 8.75. The first-order valence-electron chi connectivity index (χ1n) is 19.4. The van der Waals surface area contributed by atoms with Gasteiger partial charge in [0, 0.05) is 38.2 Å². The molecule has 0 unspecified atom stereocenters. The molecule has 0 bridgehead atoms. The molecule has 0 atom stereocenters. The Morgan fingerprint density at radius 1 is 0.276 bits per heavy atom. The second kappa shape index (κ2) is 12.8. The van der Waals surface area contributed by atoms with Crippen molar-refractivity contribution in [2.45, 2.75) is 0 Å². The maximum Gasteiger partial charge on any atom is 0.164 e. The summed E-state index contributed by atoms with van der Waals surface area (Å²) in [6.07, 6.45) is 0. The number of nitrogens with zero attached hydrogens (tertiary/aromatic N) is 3. The maximum atomic E-state index is 6.33. The van der Waals surface area contributed by atoms with Crippen LogP contribution < -0.4 is 0 Å². The van der Waals surface area contributed by atoms with Crippen LogP contribution in [-0.4, -0.2) is 15.0 Å². The number of rotatable bonds is 5. The molecule has 0 saturated carbocycles. The lowest BCUT2D eigenvalue weighted by molar-refractivity contribution is 0.668. The first-order valence-corrected chi connectivity index (χ1v) is 19.4. The molecule has 3 aromatic heterocycles. The van der Waals surface area contributed by atoms with Crippen LogP contribution in [0.5, 0.6) is 0 Å². The van der Waals surface area contributed by atoms with E-state index in [9.17, 15) is 0 Å². The summed E-state index contributed by atoms with van der Waals surface area (Å²) in [7, 11) is 0. The smallest absolute Gasteiger partial charge is 0.164 e. The van der Waals surface area contributed by atoms with E-state index in [0.29, 0.717) is 17.5 Å². The van der Waals surface area contributed by atoms with Gasteiger partial charge in [0.15, 0.2) is 17.5 Å². The summed E-state index contributed by atoms with van der Waals surface area (Å²) in [4.78, 5) is 15.9. The zero-order valence-corrected chi connectivity index (χ0v) is 31.1. The molecule has 0 saturated heterocycles. The minimum atomic E-state index is 0.565. The Labute approximate surface area is 332 Å². The Morgan fingerprint density at radius 3 is 1.31 bits per heavy atom. The van der Waals surface area contributed by atoms with E-state index in [1.165, 1.54) is 32.7 Å². The molecule has 58 heavy (non-hydrogen) atoms. The molecule has 5 nitrogen and oxygen atoms in total. The van der Waals surface area contributed by atoms with Crippen molar-refractivity contribution in [3.8, 4) is 56.4 Å². The molecule has 0 spiro atoms. The number of furan rings is 2. The molecule has 5 heteroatoms. The number of aromatic nitrogens is 3. The highest BCUT2D eigenvalue weighted by atomic mass is 16.3. The van der Waals surface area contributed by atoms with Gasteiger partial charge < -0.3 is 8.83 Å². The van der Waals surface area contributed by atoms with Gasteiger partial charge in [-0.05, 0) is 80.2 Å². The summed E-state index contributed by atoms with van der Waals surface area (Å²) in [5.41, 5.74) is 10.4. The van der Waals surface area contributed by atoms with Gasteiger partial charge in [0.2, 0.25) is 0 Å². The lowest BCUT2D eigenvalue weighted by Gasteiger charge is -2.14.